The van der Waals surface area contributed by atoms with Gasteiger partial charge in [-0.25, -0.2) is 31.9 Å². The van der Waals surface area contributed by atoms with Crippen molar-refractivity contribution in [2.45, 2.75) is 32.6 Å². The van der Waals surface area contributed by atoms with Gasteiger partial charge in [-0.2, -0.15) is 0 Å². The van der Waals surface area contributed by atoms with Gasteiger partial charge in [0.25, 0.3) is 0 Å². The van der Waals surface area contributed by atoms with E-state index in [-0.39, 0.29) is 5.82 Å². The van der Waals surface area contributed by atoms with Crippen LogP contribution in [0.25, 0.3) is 11.3 Å². The number of benzene rings is 2. The highest BCUT2D eigenvalue weighted by Crippen LogP contribution is 2.32. The molecule has 2 aromatic carbocycles. The van der Waals surface area contributed by atoms with Gasteiger partial charge in [0.05, 0.1) is 23.5 Å². The van der Waals surface area contributed by atoms with Crippen LogP contribution in [0.4, 0.5) is 27.8 Å². The first-order chi connectivity index (χ1) is 14.8. The quantitative estimate of drug-likeness (QED) is 0.369. The molecular weight excluding hydrogens is 417 g/mol. The minimum Gasteiger partial charge on any atom is -0.309 e. The zero-order valence-corrected chi connectivity index (χ0v) is 16.3. The highest BCUT2D eigenvalue weighted by molar-refractivity contribution is 5.92. The maximum atomic E-state index is 13.9. The number of fused-ring (bicyclic) bond motifs is 3. The van der Waals surface area contributed by atoms with Crippen molar-refractivity contribution in [2.75, 3.05) is 5.32 Å². The molecule has 9 heteroatoms. The molecule has 0 aliphatic heterocycles. The van der Waals surface area contributed by atoms with Crippen molar-refractivity contribution in [2.24, 2.45) is 0 Å². The molecule has 1 aliphatic rings. The molecule has 0 fully saturated rings. The minimum atomic E-state index is -2.27. The average Bonchev–Trinajstić information content (AvgIpc) is 2.78. The van der Waals surface area contributed by atoms with Gasteiger partial charge in [-0.1, -0.05) is 31.2 Å². The first-order valence-corrected chi connectivity index (χ1v) is 9.60. The highest BCUT2D eigenvalue weighted by atomic mass is 19.2. The van der Waals surface area contributed by atoms with E-state index in [9.17, 15) is 26.7 Å². The van der Waals surface area contributed by atoms with Gasteiger partial charge in [-0.15, -0.1) is 0 Å². The monoisotopic (exact) mass is 433 g/mol. The second kappa shape index (κ2) is 8.05. The van der Waals surface area contributed by atoms with Crippen LogP contribution in [0.1, 0.15) is 29.4 Å². The van der Waals surface area contributed by atoms with Gasteiger partial charge in [0.15, 0.2) is 29.1 Å². The summed E-state index contributed by atoms with van der Waals surface area (Å²) in [5.74, 6) is -11.4. The maximum absolute atomic E-state index is 13.9. The maximum Gasteiger partial charge on any atom is 0.230 e. The number of aryl methyl sites for hydroxylation is 3. The van der Waals surface area contributed by atoms with E-state index in [1.54, 1.807) is 6.92 Å². The van der Waals surface area contributed by atoms with Gasteiger partial charge >= 0.3 is 0 Å². The Morgan fingerprint density at radius 2 is 1.58 bits per heavy atom. The molecule has 1 amide bonds. The first-order valence-electron chi connectivity index (χ1n) is 9.60. The molecule has 31 heavy (non-hydrogen) atoms. The summed E-state index contributed by atoms with van der Waals surface area (Å²) in [5.41, 5.74) is 2.69. The van der Waals surface area contributed by atoms with E-state index in [4.69, 9.17) is 0 Å². The predicted octanol–water partition coefficient (Wildman–Crippen LogP) is 4.68. The Labute approximate surface area is 174 Å². The molecule has 1 aliphatic carbocycles. The van der Waals surface area contributed by atoms with Crippen molar-refractivity contribution in [3.8, 4) is 11.3 Å². The fourth-order valence-corrected chi connectivity index (χ4v) is 3.61. The molecule has 1 heterocycles. The summed E-state index contributed by atoms with van der Waals surface area (Å²) in [5, 5.41) is 2.41. The Hall–Kier alpha value is -3.36. The molecule has 0 unspecified atom stereocenters. The third-order valence-corrected chi connectivity index (χ3v) is 5.17. The largest absolute Gasteiger partial charge is 0.309 e. The number of hydrogen-bond donors (Lipinski definition) is 1. The van der Waals surface area contributed by atoms with E-state index in [0.29, 0.717) is 29.9 Å². The van der Waals surface area contributed by atoms with Crippen molar-refractivity contribution in [3.63, 3.8) is 0 Å². The van der Waals surface area contributed by atoms with Crippen molar-refractivity contribution in [3.05, 3.63) is 75.9 Å². The standard InChI is InChI=1S/C22H16F5N3O/c1-2-13-22(29-14-8-7-10-5-3-4-6-11(10)21(14)28-13)30-15(31)9-12-16(23)18(25)20(27)19(26)17(12)24/h3-6H,2,7-9H2,1H3,(H,29,30,31). The molecule has 0 bridgehead atoms. The number of aromatic nitrogens is 2. The number of halogens is 5. The first kappa shape index (κ1) is 20.9. The third kappa shape index (κ3) is 3.64. The Morgan fingerprint density at radius 1 is 0.935 bits per heavy atom. The van der Waals surface area contributed by atoms with Crippen molar-refractivity contribution < 1.29 is 26.7 Å². The smallest absolute Gasteiger partial charge is 0.230 e. The van der Waals surface area contributed by atoms with Crippen LogP contribution in [0.5, 0.6) is 0 Å². The number of anilines is 1. The van der Waals surface area contributed by atoms with Gasteiger partial charge < -0.3 is 5.32 Å². The minimum absolute atomic E-state index is 0.106. The fraction of sp³-hybridized carbons (Fsp3) is 0.227. The number of hydrogen-bond acceptors (Lipinski definition) is 3. The lowest BCUT2D eigenvalue weighted by molar-refractivity contribution is -0.115. The van der Waals surface area contributed by atoms with Gasteiger partial charge in [-0.3, -0.25) is 4.79 Å². The van der Waals surface area contributed by atoms with E-state index in [2.05, 4.69) is 15.3 Å². The summed E-state index contributed by atoms with van der Waals surface area (Å²) in [7, 11) is 0. The fourth-order valence-electron chi connectivity index (χ4n) is 3.61. The number of carbonyl (C=O) groups excluding carboxylic acids is 1. The van der Waals surface area contributed by atoms with Crippen LogP contribution in [0, 0.1) is 29.1 Å². The molecule has 1 N–H and O–H groups in total. The number of carbonyl (C=O) groups is 1. The van der Waals surface area contributed by atoms with Crippen LogP contribution >= 0.6 is 0 Å². The number of nitrogens with one attached hydrogen (secondary N) is 1. The van der Waals surface area contributed by atoms with Gasteiger partial charge in [-0.05, 0) is 24.8 Å². The van der Waals surface area contributed by atoms with Crippen molar-refractivity contribution in [1.29, 1.82) is 0 Å². The molecule has 0 atom stereocenters. The second-order valence-electron chi connectivity index (χ2n) is 7.10. The Bertz CT molecular complexity index is 1180. The molecule has 4 nitrogen and oxygen atoms in total. The molecule has 0 radical (unpaired) electrons. The molecule has 4 rings (SSSR count). The third-order valence-electron chi connectivity index (χ3n) is 5.17. The van der Waals surface area contributed by atoms with E-state index in [0.717, 1.165) is 17.5 Å². The van der Waals surface area contributed by atoms with E-state index < -0.39 is 47.0 Å². The van der Waals surface area contributed by atoms with E-state index in [1.807, 2.05) is 24.3 Å². The molecule has 0 saturated carbocycles. The summed E-state index contributed by atoms with van der Waals surface area (Å²) in [6.45, 7) is 1.80. The highest BCUT2D eigenvalue weighted by Gasteiger charge is 2.27. The molecule has 1 aromatic heterocycles. The van der Waals surface area contributed by atoms with Crippen molar-refractivity contribution in [1.82, 2.24) is 9.97 Å². The predicted molar refractivity (Wildman–Crippen MR) is 103 cm³/mol. The summed E-state index contributed by atoms with van der Waals surface area (Å²) in [6.07, 6.45) is 0.683. The number of amides is 1. The Balaban J connectivity index is 1.65. The average molecular weight is 433 g/mol. The van der Waals surface area contributed by atoms with Crippen LogP contribution in [-0.2, 0) is 30.5 Å². The Kier molecular flexibility index (Phi) is 5.43. The molecular formula is C22H16F5N3O. The van der Waals surface area contributed by atoms with E-state index in [1.165, 1.54) is 0 Å². The SMILES string of the molecule is CCc1nc2c(nc1NC(=O)Cc1c(F)c(F)c(F)c(F)c1F)CCc1ccccc1-2. The molecule has 160 valence electrons. The summed E-state index contributed by atoms with van der Waals surface area (Å²) in [4.78, 5) is 21.5. The normalized spacial score (nSPS) is 12.3. The van der Waals surface area contributed by atoms with Crippen LogP contribution in [0.15, 0.2) is 24.3 Å². The van der Waals surface area contributed by atoms with Crippen LogP contribution in [-0.4, -0.2) is 15.9 Å². The lowest BCUT2D eigenvalue weighted by Crippen LogP contribution is -2.21. The van der Waals surface area contributed by atoms with Gasteiger partial charge in [0.2, 0.25) is 11.7 Å². The van der Waals surface area contributed by atoms with Gasteiger partial charge in [0.1, 0.15) is 0 Å². The van der Waals surface area contributed by atoms with Gasteiger partial charge in [0, 0.05) is 11.1 Å². The lowest BCUT2D eigenvalue weighted by atomic mass is 9.92. The second-order valence-corrected chi connectivity index (χ2v) is 7.10. The molecule has 3 aromatic rings. The number of rotatable bonds is 4. The van der Waals surface area contributed by atoms with Crippen molar-refractivity contribution >= 4 is 11.7 Å². The topological polar surface area (TPSA) is 54.9 Å². The van der Waals surface area contributed by atoms with Crippen LogP contribution in [0.2, 0.25) is 0 Å². The van der Waals surface area contributed by atoms with E-state index >= 15 is 0 Å². The van der Waals surface area contributed by atoms with Crippen LogP contribution in [0.3, 0.4) is 0 Å². The lowest BCUT2D eigenvalue weighted by Gasteiger charge is -2.20. The molecule has 0 saturated heterocycles. The molecule has 0 spiro atoms. The number of nitrogens with zero attached hydrogens (tertiary/aromatic N) is 2. The zero-order valence-electron chi connectivity index (χ0n) is 16.3. The zero-order chi connectivity index (χ0) is 22.3. The van der Waals surface area contributed by atoms with Crippen LogP contribution < -0.4 is 5.32 Å². The Morgan fingerprint density at radius 3 is 2.26 bits per heavy atom. The summed E-state index contributed by atoms with van der Waals surface area (Å²) in [6, 6.07) is 7.76. The summed E-state index contributed by atoms with van der Waals surface area (Å²) >= 11 is 0. The summed E-state index contributed by atoms with van der Waals surface area (Å²) < 4.78 is 67.8.